The van der Waals surface area contributed by atoms with Crippen molar-refractivity contribution in [1.29, 1.82) is 10.5 Å². The zero-order valence-corrected chi connectivity index (χ0v) is 11.2. The lowest BCUT2D eigenvalue weighted by Crippen LogP contribution is -2.33. The summed E-state index contributed by atoms with van der Waals surface area (Å²) in [5.74, 6) is -0.977. The Morgan fingerprint density at radius 1 is 1.30 bits per heavy atom. The first kappa shape index (κ1) is 15.5. The first-order valence-corrected chi connectivity index (χ1v) is 6.10. The van der Waals surface area contributed by atoms with E-state index in [0.29, 0.717) is 5.56 Å². The summed E-state index contributed by atoms with van der Waals surface area (Å²) >= 11 is 0. The quantitative estimate of drug-likeness (QED) is 0.831. The molecule has 0 aliphatic heterocycles. The van der Waals surface area contributed by atoms with E-state index in [0.717, 1.165) is 6.07 Å². The fourth-order valence-corrected chi connectivity index (χ4v) is 1.69. The van der Waals surface area contributed by atoms with Crippen molar-refractivity contribution >= 4 is 11.6 Å². The maximum absolute atomic E-state index is 13.6. The number of hydrogen-bond donors (Lipinski definition) is 1. The van der Waals surface area contributed by atoms with Gasteiger partial charge in [-0.2, -0.15) is 10.5 Å². The van der Waals surface area contributed by atoms with Gasteiger partial charge in [0.1, 0.15) is 5.82 Å². The normalized spacial score (nSPS) is 9.60. The minimum atomic E-state index is -0.547. The molecule has 0 saturated heterocycles. The van der Waals surface area contributed by atoms with Crippen molar-refractivity contribution in [3.05, 3.63) is 29.1 Å². The van der Waals surface area contributed by atoms with Crippen LogP contribution >= 0.6 is 0 Å². The summed E-state index contributed by atoms with van der Waals surface area (Å²) in [6.07, 6.45) is 0.308. The van der Waals surface area contributed by atoms with Crippen LogP contribution in [0.15, 0.2) is 12.1 Å². The van der Waals surface area contributed by atoms with Crippen molar-refractivity contribution in [1.82, 2.24) is 4.90 Å². The lowest BCUT2D eigenvalue weighted by Gasteiger charge is -2.20. The Hall–Kier alpha value is -2.60. The third kappa shape index (κ3) is 3.69. The Morgan fingerprint density at radius 2 is 1.85 bits per heavy atom. The second kappa shape index (κ2) is 7.10. The van der Waals surface area contributed by atoms with Crippen LogP contribution in [0.25, 0.3) is 0 Å². The van der Waals surface area contributed by atoms with E-state index >= 15 is 0 Å². The van der Waals surface area contributed by atoms with E-state index in [1.54, 1.807) is 0 Å². The molecule has 104 valence electrons. The van der Waals surface area contributed by atoms with Gasteiger partial charge in [-0.15, -0.1) is 0 Å². The number of carbonyl (C=O) groups excluding carboxylic acids is 1. The number of nitrogens with zero attached hydrogens (tertiary/aromatic N) is 3. The molecule has 0 bridgehead atoms. The summed E-state index contributed by atoms with van der Waals surface area (Å²) in [5, 5.41) is 17.2. The van der Waals surface area contributed by atoms with E-state index in [2.05, 4.69) is 0 Å². The number of benzene rings is 1. The molecule has 0 aliphatic rings. The SMILES string of the molecule is Cc1c(N)cc(C(=O)N(CCC#N)CCC#N)cc1F. The monoisotopic (exact) mass is 274 g/mol. The van der Waals surface area contributed by atoms with Gasteiger partial charge in [0.25, 0.3) is 5.91 Å². The fourth-order valence-electron chi connectivity index (χ4n) is 1.69. The second-order valence-electron chi connectivity index (χ2n) is 4.28. The molecule has 1 aromatic carbocycles. The van der Waals surface area contributed by atoms with Crippen molar-refractivity contribution < 1.29 is 9.18 Å². The van der Waals surface area contributed by atoms with Gasteiger partial charge in [0.2, 0.25) is 0 Å². The van der Waals surface area contributed by atoms with Crippen LogP contribution in [0.3, 0.4) is 0 Å². The fraction of sp³-hybridized carbons (Fsp3) is 0.357. The average molecular weight is 274 g/mol. The van der Waals surface area contributed by atoms with Crippen LogP contribution in [-0.2, 0) is 0 Å². The molecule has 5 nitrogen and oxygen atoms in total. The van der Waals surface area contributed by atoms with Gasteiger partial charge in [0.15, 0.2) is 0 Å². The summed E-state index contributed by atoms with van der Waals surface area (Å²) in [4.78, 5) is 13.6. The van der Waals surface area contributed by atoms with Gasteiger partial charge in [0, 0.05) is 29.9 Å². The standard InChI is InChI=1S/C14H15FN4O/c1-10-12(15)8-11(9-13(10)18)14(20)19(6-2-4-16)7-3-5-17/h8-9H,2-3,6-7,18H2,1H3. The molecule has 0 radical (unpaired) electrons. The van der Waals surface area contributed by atoms with Crippen LogP contribution in [0.5, 0.6) is 0 Å². The molecule has 0 aliphatic carbocycles. The van der Waals surface area contributed by atoms with Gasteiger partial charge in [0.05, 0.1) is 25.0 Å². The van der Waals surface area contributed by atoms with Crippen LogP contribution in [0.1, 0.15) is 28.8 Å². The minimum absolute atomic E-state index is 0.126. The van der Waals surface area contributed by atoms with Gasteiger partial charge in [-0.05, 0) is 19.1 Å². The molecule has 0 unspecified atom stereocenters. The molecule has 1 rings (SSSR count). The van der Waals surface area contributed by atoms with Crippen LogP contribution in [-0.4, -0.2) is 23.9 Å². The zero-order chi connectivity index (χ0) is 15.1. The number of amides is 1. The largest absolute Gasteiger partial charge is 0.398 e. The lowest BCUT2D eigenvalue weighted by atomic mass is 10.1. The topological polar surface area (TPSA) is 93.9 Å². The molecule has 1 amide bonds. The molecule has 0 spiro atoms. The zero-order valence-electron chi connectivity index (χ0n) is 11.2. The van der Waals surface area contributed by atoms with Gasteiger partial charge in [-0.3, -0.25) is 4.79 Å². The van der Waals surface area contributed by atoms with Gasteiger partial charge in [-0.25, -0.2) is 4.39 Å². The van der Waals surface area contributed by atoms with E-state index in [4.69, 9.17) is 16.3 Å². The Morgan fingerprint density at radius 3 is 2.30 bits per heavy atom. The van der Waals surface area contributed by atoms with E-state index in [9.17, 15) is 9.18 Å². The first-order valence-electron chi connectivity index (χ1n) is 6.10. The molecule has 0 atom stereocenters. The predicted molar refractivity (Wildman–Crippen MR) is 71.9 cm³/mol. The van der Waals surface area contributed by atoms with Crippen LogP contribution in [0, 0.1) is 35.4 Å². The van der Waals surface area contributed by atoms with Crippen molar-refractivity contribution in [2.45, 2.75) is 19.8 Å². The minimum Gasteiger partial charge on any atom is -0.398 e. The third-order valence-corrected chi connectivity index (χ3v) is 2.91. The van der Waals surface area contributed by atoms with Crippen LogP contribution < -0.4 is 5.73 Å². The highest BCUT2D eigenvalue weighted by Crippen LogP contribution is 2.19. The maximum atomic E-state index is 13.6. The maximum Gasteiger partial charge on any atom is 0.254 e. The number of hydrogen-bond acceptors (Lipinski definition) is 4. The van der Waals surface area contributed by atoms with Crippen LogP contribution in [0.4, 0.5) is 10.1 Å². The van der Waals surface area contributed by atoms with E-state index in [-0.39, 0.29) is 37.2 Å². The number of halogens is 1. The van der Waals surface area contributed by atoms with Crippen molar-refractivity contribution in [2.24, 2.45) is 0 Å². The number of anilines is 1. The smallest absolute Gasteiger partial charge is 0.254 e. The lowest BCUT2D eigenvalue weighted by molar-refractivity contribution is 0.0762. The Bertz CT molecular complexity index is 545. The van der Waals surface area contributed by atoms with Gasteiger partial charge >= 0.3 is 0 Å². The highest BCUT2D eigenvalue weighted by Gasteiger charge is 2.17. The van der Waals surface area contributed by atoms with Crippen LogP contribution in [0.2, 0.25) is 0 Å². The highest BCUT2D eigenvalue weighted by molar-refractivity contribution is 5.95. The molecule has 0 aromatic heterocycles. The molecule has 0 heterocycles. The summed E-state index contributed by atoms with van der Waals surface area (Å²) in [6.45, 7) is 1.93. The summed E-state index contributed by atoms with van der Waals surface area (Å²) in [5.41, 5.74) is 6.27. The summed E-state index contributed by atoms with van der Waals surface area (Å²) < 4.78 is 13.6. The molecule has 0 fully saturated rings. The molecule has 2 N–H and O–H groups in total. The molecule has 20 heavy (non-hydrogen) atoms. The Labute approximate surface area is 117 Å². The third-order valence-electron chi connectivity index (χ3n) is 2.91. The Kier molecular flexibility index (Phi) is 5.49. The van der Waals surface area contributed by atoms with E-state index in [1.807, 2.05) is 12.1 Å². The first-order chi connectivity index (χ1) is 9.51. The molecular formula is C14H15FN4O. The summed E-state index contributed by atoms with van der Waals surface area (Å²) in [7, 11) is 0. The molecule has 6 heteroatoms. The number of rotatable bonds is 5. The number of nitriles is 2. The van der Waals surface area contributed by atoms with E-state index in [1.165, 1.54) is 17.9 Å². The average Bonchev–Trinajstić information content (AvgIpc) is 2.43. The highest BCUT2D eigenvalue weighted by atomic mass is 19.1. The Balaban J connectivity index is 2.99. The predicted octanol–water partition coefficient (Wildman–Crippen LogP) is 1.99. The van der Waals surface area contributed by atoms with Gasteiger partial charge in [-0.1, -0.05) is 0 Å². The van der Waals surface area contributed by atoms with Crippen molar-refractivity contribution in [3.63, 3.8) is 0 Å². The molecular weight excluding hydrogens is 259 g/mol. The number of carbonyl (C=O) groups is 1. The number of nitrogens with two attached hydrogens (primary N) is 1. The summed E-state index contributed by atoms with van der Waals surface area (Å²) in [6, 6.07) is 6.41. The molecule has 1 aromatic rings. The van der Waals surface area contributed by atoms with Crippen molar-refractivity contribution in [3.8, 4) is 12.1 Å². The number of nitrogen functional groups attached to an aromatic ring is 1. The van der Waals surface area contributed by atoms with Crippen molar-refractivity contribution in [2.75, 3.05) is 18.8 Å². The molecule has 0 saturated carbocycles. The van der Waals surface area contributed by atoms with Gasteiger partial charge < -0.3 is 10.6 Å². The van der Waals surface area contributed by atoms with E-state index < -0.39 is 11.7 Å². The second-order valence-corrected chi connectivity index (χ2v) is 4.28.